The second-order valence-corrected chi connectivity index (χ2v) is 6.92. The molecular weight excluding hydrogens is 317 g/mol. The van der Waals surface area contributed by atoms with Gasteiger partial charge in [0.25, 0.3) is 5.91 Å². The summed E-state index contributed by atoms with van der Waals surface area (Å²) in [6.45, 7) is 5.11. The van der Waals surface area contributed by atoms with Crippen LogP contribution in [-0.2, 0) is 6.54 Å². The number of aromatic nitrogens is 1. The molecule has 1 aromatic heterocycles. The Bertz CT molecular complexity index is 735. The molecule has 1 aliphatic rings. The number of benzene rings is 1. The number of amides is 1. The predicted molar refractivity (Wildman–Crippen MR) is 95.7 cm³/mol. The van der Waals surface area contributed by atoms with Crippen LogP contribution in [0.5, 0.6) is 0 Å². The number of pyridine rings is 1. The van der Waals surface area contributed by atoms with E-state index < -0.39 is 0 Å². The molecule has 1 aromatic carbocycles. The summed E-state index contributed by atoms with van der Waals surface area (Å²) in [6.07, 6.45) is 4.67. The lowest BCUT2D eigenvalue weighted by Crippen LogP contribution is -2.32. The van der Waals surface area contributed by atoms with Gasteiger partial charge in [0.2, 0.25) is 0 Å². The van der Waals surface area contributed by atoms with Gasteiger partial charge in [-0.3, -0.25) is 9.78 Å². The lowest BCUT2D eigenvalue weighted by molar-refractivity contribution is 0.0783. The van der Waals surface area contributed by atoms with Crippen LogP contribution in [0.4, 0.5) is 4.39 Å². The van der Waals surface area contributed by atoms with E-state index in [9.17, 15) is 9.18 Å². The van der Waals surface area contributed by atoms with Crippen molar-refractivity contribution in [1.29, 1.82) is 0 Å². The minimum Gasteiger partial charge on any atom is -0.338 e. The van der Waals surface area contributed by atoms with Crippen LogP contribution in [0.25, 0.3) is 0 Å². The third-order valence-electron chi connectivity index (χ3n) is 4.74. The minimum atomic E-state index is -0.301. The Balaban J connectivity index is 1.55. The van der Waals surface area contributed by atoms with E-state index >= 15 is 0 Å². The van der Waals surface area contributed by atoms with Crippen molar-refractivity contribution in [2.24, 2.45) is 5.92 Å². The Morgan fingerprint density at radius 2 is 2.24 bits per heavy atom. The van der Waals surface area contributed by atoms with Gasteiger partial charge in [-0.25, -0.2) is 4.39 Å². The average Bonchev–Trinajstić information content (AvgIpc) is 3.03. The smallest absolute Gasteiger partial charge is 0.254 e. The van der Waals surface area contributed by atoms with Crippen molar-refractivity contribution in [1.82, 2.24) is 14.8 Å². The second kappa shape index (κ2) is 7.74. The predicted octanol–water partition coefficient (Wildman–Crippen LogP) is 3.12. The molecule has 0 N–H and O–H groups in total. The summed E-state index contributed by atoms with van der Waals surface area (Å²) >= 11 is 0. The minimum absolute atomic E-state index is 0.00918. The van der Waals surface area contributed by atoms with Gasteiger partial charge in [0, 0.05) is 44.1 Å². The van der Waals surface area contributed by atoms with E-state index in [1.807, 2.05) is 17.2 Å². The number of aryl methyl sites for hydroxylation is 1. The van der Waals surface area contributed by atoms with Crippen molar-refractivity contribution in [2.75, 3.05) is 26.7 Å². The van der Waals surface area contributed by atoms with Crippen molar-refractivity contribution in [3.05, 3.63) is 65.2 Å². The Labute approximate surface area is 148 Å². The number of halogens is 1. The van der Waals surface area contributed by atoms with Gasteiger partial charge in [-0.2, -0.15) is 0 Å². The maximum atomic E-state index is 13.2. The SMILES string of the molecule is Cc1cc(F)ccc1C(=O)N1CC[C@@H](CN(C)Cc2cccnc2)C1. The molecule has 1 saturated heterocycles. The average molecular weight is 341 g/mol. The lowest BCUT2D eigenvalue weighted by atomic mass is 10.1. The summed E-state index contributed by atoms with van der Waals surface area (Å²) in [4.78, 5) is 21.0. The van der Waals surface area contributed by atoms with Gasteiger partial charge in [-0.05, 0) is 61.7 Å². The molecule has 0 unspecified atom stereocenters. The first-order chi connectivity index (χ1) is 12.0. The fourth-order valence-corrected chi connectivity index (χ4v) is 3.51. The van der Waals surface area contributed by atoms with Crippen LogP contribution in [0.15, 0.2) is 42.7 Å². The Hall–Kier alpha value is -2.27. The molecule has 0 bridgehead atoms. The maximum absolute atomic E-state index is 13.2. The highest BCUT2D eigenvalue weighted by atomic mass is 19.1. The van der Waals surface area contributed by atoms with E-state index in [4.69, 9.17) is 0 Å². The largest absolute Gasteiger partial charge is 0.338 e. The molecule has 0 radical (unpaired) electrons. The highest BCUT2D eigenvalue weighted by Crippen LogP contribution is 2.21. The summed E-state index contributed by atoms with van der Waals surface area (Å²) < 4.78 is 13.2. The molecule has 1 aliphatic heterocycles. The molecule has 3 rings (SSSR count). The van der Waals surface area contributed by atoms with Crippen molar-refractivity contribution >= 4 is 5.91 Å². The molecule has 132 valence electrons. The number of likely N-dealkylation sites (tertiary alicyclic amines) is 1. The van der Waals surface area contributed by atoms with Crippen LogP contribution in [0, 0.1) is 18.7 Å². The molecule has 0 spiro atoms. The van der Waals surface area contributed by atoms with E-state index in [0.717, 1.165) is 32.6 Å². The first kappa shape index (κ1) is 17.5. The van der Waals surface area contributed by atoms with Gasteiger partial charge in [-0.15, -0.1) is 0 Å². The Morgan fingerprint density at radius 1 is 1.40 bits per heavy atom. The van der Waals surface area contributed by atoms with Crippen LogP contribution in [0.2, 0.25) is 0 Å². The Morgan fingerprint density at radius 3 is 2.96 bits per heavy atom. The fraction of sp³-hybridized carbons (Fsp3) is 0.400. The number of rotatable bonds is 5. The molecule has 4 nitrogen and oxygen atoms in total. The first-order valence-corrected chi connectivity index (χ1v) is 8.66. The molecular formula is C20H24FN3O. The molecule has 5 heteroatoms. The van der Waals surface area contributed by atoms with Crippen molar-refractivity contribution in [3.8, 4) is 0 Å². The van der Waals surface area contributed by atoms with Gasteiger partial charge < -0.3 is 9.80 Å². The van der Waals surface area contributed by atoms with E-state index in [0.29, 0.717) is 17.0 Å². The van der Waals surface area contributed by atoms with Crippen LogP contribution < -0.4 is 0 Å². The number of hydrogen-bond acceptors (Lipinski definition) is 3. The summed E-state index contributed by atoms with van der Waals surface area (Å²) in [7, 11) is 2.10. The summed E-state index contributed by atoms with van der Waals surface area (Å²) in [5.41, 5.74) is 2.49. The molecule has 0 saturated carbocycles. The third kappa shape index (κ3) is 4.42. The normalized spacial score (nSPS) is 17.3. The van der Waals surface area contributed by atoms with Crippen molar-refractivity contribution in [3.63, 3.8) is 0 Å². The fourth-order valence-electron chi connectivity index (χ4n) is 3.51. The molecule has 2 aromatic rings. The second-order valence-electron chi connectivity index (χ2n) is 6.92. The molecule has 1 fully saturated rings. The van der Waals surface area contributed by atoms with Gasteiger partial charge >= 0.3 is 0 Å². The molecule has 1 amide bonds. The van der Waals surface area contributed by atoms with Gasteiger partial charge in [0.05, 0.1) is 0 Å². The summed E-state index contributed by atoms with van der Waals surface area (Å²) in [5, 5.41) is 0. The van der Waals surface area contributed by atoms with Crippen LogP contribution in [-0.4, -0.2) is 47.4 Å². The standard InChI is InChI=1S/C20H24FN3O/c1-15-10-18(21)5-6-19(15)20(25)24-9-7-17(14-24)13-23(2)12-16-4-3-8-22-11-16/h3-6,8,10-11,17H,7,9,12-14H2,1-2H3/t17-/m0/s1. The zero-order chi connectivity index (χ0) is 17.8. The highest BCUT2D eigenvalue weighted by molar-refractivity contribution is 5.95. The van der Waals surface area contributed by atoms with E-state index in [1.165, 1.54) is 17.7 Å². The molecule has 25 heavy (non-hydrogen) atoms. The van der Waals surface area contributed by atoms with E-state index in [2.05, 4.69) is 23.0 Å². The van der Waals surface area contributed by atoms with E-state index in [-0.39, 0.29) is 11.7 Å². The molecule has 0 aliphatic carbocycles. The number of nitrogens with zero attached hydrogens (tertiary/aromatic N) is 3. The summed E-state index contributed by atoms with van der Waals surface area (Å²) in [6, 6.07) is 8.39. The Kier molecular flexibility index (Phi) is 5.43. The number of carbonyl (C=O) groups is 1. The monoisotopic (exact) mass is 341 g/mol. The number of carbonyl (C=O) groups excluding carboxylic acids is 1. The van der Waals surface area contributed by atoms with Crippen molar-refractivity contribution < 1.29 is 9.18 Å². The number of hydrogen-bond donors (Lipinski definition) is 0. The van der Waals surface area contributed by atoms with Crippen molar-refractivity contribution in [2.45, 2.75) is 19.9 Å². The topological polar surface area (TPSA) is 36.4 Å². The van der Waals surface area contributed by atoms with Gasteiger partial charge in [0.15, 0.2) is 0 Å². The zero-order valence-electron chi connectivity index (χ0n) is 14.8. The highest BCUT2D eigenvalue weighted by Gasteiger charge is 2.28. The maximum Gasteiger partial charge on any atom is 0.254 e. The zero-order valence-corrected chi connectivity index (χ0v) is 14.8. The first-order valence-electron chi connectivity index (χ1n) is 8.66. The van der Waals surface area contributed by atoms with Gasteiger partial charge in [0.1, 0.15) is 5.82 Å². The third-order valence-corrected chi connectivity index (χ3v) is 4.74. The van der Waals surface area contributed by atoms with Gasteiger partial charge in [-0.1, -0.05) is 6.07 Å². The lowest BCUT2D eigenvalue weighted by Gasteiger charge is -2.22. The molecule has 1 atom stereocenters. The van der Waals surface area contributed by atoms with Crippen LogP contribution >= 0.6 is 0 Å². The molecule has 2 heterocycles. The van der Waals surface area contributed by atoms with Crippen LogP contribution in [0.3, 0.4) is 0 Å². The summed E-state index contributed by atoms with van der Waals surface area (Å²) in [5.74, 6) is 0.173. The van der Waals surface area contributed by atoms with E-state index in [1.54, 1.807) is 19.2 Å². The quantitative estimate of drug-likeness (QED) is 0.838. The van der Waals surface area contributed by atoms with Crippen LogP contribution in [0.1, 0.15) is 27.9 Å².